The summed E-state index contributed by atoms with van der Waals surface area (Å²) in [7, 11) is 0. The van der Waals surface area contributed by atoms with Crippen LogP contribution in [-0.4, -0.2) is 20.5 Å². The molecule has 2 heterocycles. The van der Waals surface area contributed by atoms with Gasteiger partial charge in [-0.05, 0) is 38.1 Å². The highest BCUT2D eigenvalue weighted by atomic mass is 79.9. The molecule has 1 aliphatic heterocycles. The maximum Gasteiger partial charge on any atom is 0.129 e. The zero-order valence-corrected chi connectivity index (χ0v) is 12.9. The number of nitrogens with zero attached hydrogens (tertiary/aromatic N) is 1. The van der Waals surface area contributed by atoms with Crippen molar-refractivity contribution in [2.45, 2.75) is 30.4 Å². The average molecular weight is 343 g/mol. The highest BCUT2D eigenvalue weighted by molar-refractivity contribution is 9.09. The zero-order chi connectivity index (χ0) is 13.8. The number of ether oxygens (including phenoxy) is 1. The Balaban J connectivity index is 2.28. The Morgan fingerprint density at radius 2 is 2.05 bits per heavy atom. The third kappa shape index (κ3) is 2.02. The largest absolute Gasteiger partial charge is 0.486 e. The molecule has 19 heavy (non-hydrogen) atoms. The first-order valence-electron chi connectivity index (χ1n) is 6.00. The molecule has 0 saturated carbocycles. The number of halogens is 2. The van der Waals surface area contributed by atoms with Crippen LogP contribution in [0.3, 0.4) is 0 Å². The van der Waals surface area contributed by atoms with Gasteiger partial charge in [0.2, 0.25) is 0 Å². The van der Waals surface area contributed by atoms with E-state index in [4.69, 9.17) is 16.3 Å². The van der Waals surface area contributed by atoms with Gasteiger partial charge in [-0.15, -0.1) is 0 Å². The van der Waals surface area contributed by atoms with Gasteiger partial charge in [-0.3, -0.25) is 0 Å². The van der Waals surface area contributed by atoms with Crippen molar-refractivity contribution in [1.82, 2.24) is 4.98 Å². The predicted octanol–water partition coefficient (Wildman–Crippen LogP) is 3.86. The monoisotopic (exact) mass is 341 g/mol. The molecule has 3 rings (SSSR count). The quantitative estimate of drug-likeness (QED) is 0.584. The first kappa shape index (κ1) is 13.2. The molecule has 0 fully saturated rings. The summed E-state index contributed by atoms with van der Waals surface area (Å²) in [6.07, 6.45) is -0.648. The minimum absolute atomic E-state index is 0.186. The maximum absolute atomic E-state index is 10.5. The number of hydrogen-bond donors (Lipinski definition) is 1. The lowest BCUT2D eigenvalue weighted by Crippen LogP contribution is -2.45. The number of aromatic nitrogens is 1. The van der Waals surface area contributed by atoms with Gasteiger partial charge in [-0.2, -0.15) is 0 Å². The number of pyridine rings is 1. The normalized spacial score (nSPS) is 24.9. The molecule has 1 aromatic carbocycles. The van der Waals surface area contributed by atoms with E-state index < -0.39 is 11.7 Å². The number of hydrogen-bond acceptors (Lipinski definition) is 3. The van der Waals surface area contributed by atoms with Gasteiger partial charge in [0.05, 0.1) is 16.4 Å². The van der Waals surface area contributed by atoms with Crippen molar-refractivity contribution in [3.8, 4) is 5.75 Å². The molecular formula is C14H13BrClNO2. The summed E-state index contributed by atoms with van der Waals surface area (Å²) in [5.41, 5.74) is 1.05. The van der Waals surface area contributed by atoms with Gasteiger partial charge in [0.1, 0.15) is 16.5 Å². The van der Waals surface area contributed by atoms with Gasteiger partial charge in [0.15, 0.2) is 0 Å². The number of aliphatic hydroxyl groups is 1. The van der Waals surface area contributed by atoms with E-state index in [1.54, 1.807) is 6.07 Å². The second-order valence-corrected chi connectivity index (χ2v) is 6.60. The predicted molar refractivity (Wildman–Crippen MR) is 79.1 cm³/mol. The molecule has 0 unspecified atom stereocenters. The van der Waals surface area contributed by atoms with E-state index >= 15 is 0 Å². The average Bonchev–Trinajstić information content (AvgIpc) is 2.35. The highest BCUT2D eigenvalue weighted by Gasteiger charge is 2.42. The molecule has 1 N–H and O–H groups in total. The molecular weight excluding hydrogens is 330 g/mol. The van der Waals surface area contributed by atoms with E-state index in [0.29, 0.717) is 10.9 Å². The second kappa shape index (κ2) is 4.33. The first-order valence-corrected chi connectivity index (χ1v) is 7.30. The van der Waals surface area contributed by atoms with Crippen molar-refractivity contribution in [3.63, 3.8) is 0 Å². The fraction of sp³-hybridized carbons (Fsp3) is 0.357. The molecule has 2 atom stereocenters. The number of aliphatic hydroxyl groups excluding tert-OH is 1. The van der Waals surface area contributed by atoms with Crippen molar-refractivity contribution in [2.24, 2.45) is 0 Å². The van der Waals surface area contributed by atoms with Gasteiger partial charge in [0, 0.05) is 10.9 Å². The molecule has 0 radical (unpaired) electrons. The van der Waals surface area contributed by atoms with Crippen LogP contribution in [0.15, 0.2) is 24.3 Å². The molecule has 2 aromatic rings. The molecule has 0 amide bonds. The second-order valence-electron chi connectivity index (χ2n) is 5.23. The van der Waals surface area contributed by atoms with E-state index in [0.717, 1.165) is 16.5 Å². The van der Waals surface area contributed by atoms with Crippen LogP contribution in [0.4, 0.5) is 0 Å². The molecule has 0 bridgehead atoms. The van der Waals surface area contributed by atoms with Crippen LogP contribution in [0.2, 0.25) is 5.15 Å². The minimum Gasteiger partial charge on any atom is -0.486 e. The summed E-state index contributed by atoms with van der Waals surface area (Å²) in [6, 6.07) is 7.29. The van der Waals surface area contributed by atoms with Gasteiger partial charge < -0.3 is 9.84 Å². The van der Waals surface area contributed by atoms with Crippen LogP contribution >= 0.6 is 27.5 Å². The Morgan fingerprint density at radius 3 is 2.79 bits per heavy atom. The van der Waals surface area contributed by atoms with Gasteiger partial charge in [0.25, 0.3) is 0 Å². The number of rotatable bonds is 0. The fourth-order valence-corrected chi connectivity index (χ4v) is 2.95. The van der Waals surface area contributed by atoms with Crippen molar-refractivity contribution < 1.29 is 9.84 Å². The van der Waals surface area contributed by atoms with Crippen LogP contribution in [0, 0.1) is 0 Å². The van der Waals surface area contributed by atoms with Crippen molar-refractivity contribution in [1.29, 1.82) is 0 Å². The van der Waals surface area contributed by atoms with Crippen LogP contribution in [0.5, 0.6) is 5.75 Å². The van der Waals surface area contributed by atoms with Crippen LogP contribution in [0.25, 0.3) is 10.9 Å². The molecule has 0 saturated heterocycles. The fourth-order valence-electron chi connectivity index (χ4n) is 2.44. The molecule has 3 nitrogen and oxygen atoms in total. The standard InChI is InChI=1S/C14H13BrClNO2/c1-14(2)13(15)12(18)11-7-3-6-10(16)17-8(7)4-5-9(11)19-14/h3-6,12-13,18H,1-2H3/t12-,13+/m0/s1. The van der Waals surface area contributed by atoms with E-state index in [1.807, 2.05) is 32.0 Å². The number of fused-ring (bicyclic) bond motifs is 3. The molecule has 100 valence electrons. The Bertz CT molecular complexity index is 659. The highest BCUT2D eigenvalue weighted by Crippen LogP contribution is 2.45. The lowest BCUT2D eigenvalue weighted by Gasteiger charge is -2.40. The lowest BCUT2D eigenvalue weighted by atomic mass is 9.89. The Labute approximate surface area is 124 Å². The third-order valence-corrected chi connectivity index (χ3v) is 5.26. The Kier molecular flexibility index (Phi) is 3.00. The summed E-state index contributed by atoms with van der Waals surface area (Å²) in [5.74, 6) is 0.699. The van der Waals surface area contributed by atoms with Gasteiger partial charge in [-0.1, -0.05) is 27.5 Å². The molecule has 1 aromatic heterocycles. The summed E-state index contributed by atoms with van der Waals surface area (Å²) in [6.45, 7) is 3.89. The SMILES string of the molecule is CC1(C)Oc2ccc3nc(Cl)ccc3c2[C@H](O)[C@H]1Br. The molecule has 0 spiro atoms. The topological polar surface area (TPSA) is 42.4 Å². The third-order valence-electron chi connectivity index (χ3n) is 3.45. The smallest absolute Gasteiger partial charge is 0.129 e. The summed E-state index contributed by atoms with van der Waals surface area (Å²) in [4.78, 5) is 4.08. The van der Waals surface area contributed by atoms with E-state index in [1.165, 1.54) is 0 Å². The number of benzene rings is 1. The van der Waals surface area contributed by atoms with Crippen LogP contribution in [0.1, 0.15) is 25.5 Å². The lowest BCUT2D eigenvalue weighted by molar-refractivity contribution is 0.0236. The summed E-state index contributed by atoms with van der Waals surface area (Å²) < 4.78 is 5.97. The van der Waals surface area contributed by atoms with Crippen LogP contribution < -0.4 is 4.74 Å². The van der Waals surface area contributed by atoms with E-state index in [2.05, 4.69) is 20.9 Å². The Morgan fingerprint density at radius 1 is 1.32 bits per heavy atom. The minimum atomic E-state index is -0.648. The first-order chi connectivity index (χ1) is 8.90. The maximum atomic E-state index is 10.5. The van der Waals surface area contributed by atoms with Crippen molar-refractivity contribution in [3.05, 3.63) is 35.0 Å². The molecule has 0 aliphatic carbocycles. The van der Waals surface area contributed by atoms with Crippen LogP contribution in [-0.2, 0) is 0 Å². The van der Waals surface area contributed by atoms with Crippen molar-refractivity contribution in [2.75, 3.05) is 0 Å². The van der Waals surface area contributed by atoms with Gasteiger partial charge in [-0.25, -0.2) is 4.98 Å². The molecule has 1 aliphatic rings. The van der Waals surface area contributed by atoms with E-state index in [-0.39, 0.29) is 4.83 Å². The van der Waals surface area contributed by atoms with Gasteiger partial charge >= 0.3 is 0 Å². The molecule has 5 heteroatoms. The summed E-state index contributed by atoms with van der Waals surface area (Å²) in [5, 5.41) is 11.9. The Hall–Kier alpha value is -0.840. The number of alkyl halides is 1. The van der Waals surface area contributed by atoms with Crippen molar-refractivity contribution >= 4 is 38.4 Å². The summed E-state index contributed by atoms with van der Waals surface area (Å²) >= 11 is 9.42. The zero-order valence-electron chi connectivity index (χ0n) is 10.5. The van der Waals surface area contributed by atoms with E-state index in [9.17, 15) is 5.11 Å².